The number of ether oxygens (including phenoxy) is 1. The molecule has 8 nitrogen and oxygen atoms in total. The van der Waals surface area contributed by atoms with Gasteiger partial charge in [0, 0.05) is 24.1 Å². The highest BCUT2D eigenvalue weighted by atomic mass is 16.5. The van der Waals surface area contributed by atoms with E-state index in [1.807, 2.05) is 25.1 Å². The molecule has 138 valence electrons. The van der Waals surface area contributed by atoms with Gasteiger partial charge < -0.3 is 14.6 Å². The summed E-state index contributed by atoms with van der Waals surface area (Å²) in [5, 5.41) is 11.3. The highest BCUT2D eigenvalue weighted by Gasteiger charge is 2.31. The molecule has 0 radical (unpaired) electrons. The van der Waals surface area contributed by atoms with Gasteiger partial charge in [0.25, 0.3) is 5.91 Å². The molecule has 3 heterocycles. The third kappa shape index (κ3) is 2.87. The fourth-order valence-electron chi connectivity index (χ4n) is 3.37. The van der Waals surface area contributed by atoms with Crippen LogP contribution in [0.4, 0.5) is 0 Å². The number of fused-ring (bicyclic) bond motifs is 1. The van der Waals surface area contributed by atoms with E-state index in [0.717, 1.165) is 35.4 Å². The Labute approximate surface area is 155 Å². The smallest absolute Gasteiger partial charge is 0.270 e. The highest BCUT2D eigenvalue weighted by Crippen LogP contribution is 2.40. The number of benzene rings is 1. The first kappa shape index (κ1) is 16.0. The number of nitrogens with zero attached hydrogens (tertiary/aromatic N) is 4. The van der Waals surface area contributed by atoms with Crippen LogP contribution in [0.2, 0.25) is 0 Å². The summed E-state index contributed by atoms with van der Waals surface area (Å²) in [7, 11) is 1.76. The minimum Gasteiger partial charge on any atom is -0.491 e. The summed E-state index contributed by atoms with van der Waals surface area (Å²) in [5.41, 5.74) is 3.12. The van der Waals surface area contributed by atoms with Crippen molar-refractivity contribution in [1.29, 1.82) is 0 Å². The molecule has 1 aliphatic heterocycles. The third-order valence-electron chi connectivity index (χ3n) is 4.96. The molecule has 1 fully saturated rings. The van der Waals surface area contributed by atoms with Crippen molar-refractivity contribution in [2.24, 2.45) is 7.05 Å². The van der Waals surface area contributed by atoms with Gasteiger partial charge in [-0.2, -0.15) is 10.1 Å². The van der Waals surface area contributed by atoms with Gasteiger partial charge in [0.05, 0.1) is 11.7 Å². The van der Waals surface area contributed by atoms with Crippen LogP contribution < -0.4 is 10.1 Å². The van der Waals surface area contributed by atoms with E-state index in [4.69, 9.17) is 9.26 Å². The fourth-order valence-corrected chi connectivity index (χ4v) is 3.37. The fraction of sp³-hybridized carbons (Fsp3) is 0.368. The summed E-state index contributed by atoms with van der Waals surface area (Å²) in [6, 6.07) is 7.34. The standard InChI is InChI=1S/C19H19N5O3/c1-10-7-15(24(2)22-10)18(25)20-14-9-26-16-8-12(5-6-13(14)16)17-21-19(27-23-17)11-3-4-11/h5-8,11,14H,3-4,9H2,1-2H3,(H,20,25)/t14-/m1/s1. The molecule has 2 aromatic heterocycles. The SMILES string of the molecule is Cc1cc(C(=O)N[C@@H]2COc3cc(-c4noc(C5CC5)n4)ccc32)n(C)n1. The zero-order valence-corrected chi connectivity index (χ0v) is 15.1. The van der Waals surface area contributed by atoms with Gasteiger partial charge in [0.2, 0.25) is 11.7 Å². The Morgan fingerprint density at radius 2 is 2.15 bits per heavy atom. The molecule has 0 unspecified atom stereocenters. The Bertz CT molecular complexity index is 1030. The molecule has 0 bridgehead atoms. The third-order valence-corrected chi connectivity index (χ3v) is 4.96. The van der Waals surface area contributed by atoms with E-state index in [9.17, 15) is 4.79 Å². The first-order valence-corrected chi connectivity index (χ1v) is 9.01. The molecule has 2 aliphatic rings. The second-order valence-corrected chi connectivity index (χ2v) is 7.11. The van der Waals surface area contributed by atoms with Crippen LogP contribution >= 0.6 is 0 Å². The van der Waals surface area contributed by atoms with Crippen molar-refractivity contribution in [3.63, 3.8) is 0 Å². The number of aromatic nitrogens is 4. The van der Waals surface area contributed by atoms with Gasteiger partial charge in [-0.05, 0) is 31.9 Å². The van der Waals surface area contributed by atoms with E-state index in [0.29, 0.717) is 29.9 Å². The maximum Gasteiger partial charge on any atom is 0.270 e. The van der Waals surface area contributed by atoms with E-state index in [-0.39, 0.29) is 11.9 Å². The van der Waals surface area contributed by atoms with Crippen LogP contribution in [0.5, 0.6) is 5.75 Å². The molecule has 1 aliphatic carbocycles. The largest absolute Gasteiger partial charge is 0.491 e. The maximum absolute atomic E-state index is 12.5. The predicted molar refractivity (Wildman–Crippen MR) is 95.4 cm³/mol. The van der Waals surface area contributed by atoms with Gasteiger partial charge in [-0.25, -0.2) is 0 Å². The van der Waals surface area contributed by atoms with Crippen molar-refractivity contribution in [1.82, 2.24) is 25.2 Å². The average Bonchev–Trinajstić information content (AvgIpc) is 3.09. The number of hydrogen-bond donors (Lipinski definition) is 1. The van der Waals surface area contributed by atoms with Crippen molar-refractivity contribution in [2.45, 2.75) is 31.7 Å². The molecule has 1 aromatic carbocycles. The number of nitrogens with one attached hydrogen (secondary N) is 1. The number of carbonyl (C=O) groups excluding carboxylic acids is 1. The molecule has 27 heavy (non-hydrogen) atoms. The quantitative estimate of drug-likeness (QED) is 0.763. The lowest BCUT2D eigenvalue weighted by atomic mass is 10.1. The first-order valence-electron chi connectivity index (χ1n) is 9.01. The zero-order chi connectivity index (χ0) is 18.5. The molecule has 1 atom stereocenters. The van der Waals surface area contributed by atoms with Crippen molar-refractivity contribution in [3.8, 4) is 17.1 Å². The summed E-state index contributed by atoms with van der Waals surface area (Å²) >= 11 is 0. The second kappa shape index (κ2) is 5.94. The van der Waals surface area contributed by atoms with Crippen LogP contribution in [0.15, 0.2) is 28.8 Å². The molecule has 0 spiro atoms. The summed E-state index contributed by atoms with van der Waals surface area (Å²) in [4.78, 5) is 17.0. The van der Waals surface area contributed by atoms with Crippen molar-refractivity contribution in [2.75, 3.05) is 6.61 Å². The molecular formula is C19H19N5O3. The van der Waals surface area contributed by atoms with Gasteiger partial charge in [-0.3, -0.25) is 9.48 Å². The van der Waals surface area contributed by atoms with Gasteiger partial charge in [-0.15, -0.1) is 0 Å². The van der Waals surface area contributed by atoms with Crippen LogP contribution in [-0.2, 0) is 7.05 Å². The topological polar surface area (TPSA) is 95.1 Å². The van der Waals surface area contributed by atoms with Crippen molar-refractivity contribution in [3.05, 3.63) is 47.1 Å². The van der Waals surface area contributed by atoms with Crippen molar-refractivity contribution < 1.29 is 14.1 Å². The molecule has 8 heteroatoms. The molecule has 0 saturated heterocycles. The second-order valence-electron chi connectivity index (χ2n) is 7.11. The summed E-state index contributed by atoms with van der Waals surface area (Å²) in [5.74, 6) is 2.27. The molecule has 1 amide bonds. The molecule has 5 rings (SSSR count). The highest BCUT2D eigenvalue weighted by molar-refractivity contribution is 5.93. The molecule has 1 saturated carbocycles. The zero-order valence-electron chi connectivity index (χ0n) is 15.1. The van der Waals surface area contributed by atoms with E-state index in [1.54, 1.807) is 17.8 Å². The van der Waals surface area contributed by atoms with E-state index < -0.39 is 0 Å². The molecule has 3 aromatic rings. The Kier molecular flexibility index (Phi) is 3.53. The monoisotopic (exact) mass is 365 g/mol. The van der Waals surface area contributed by atoms with E-state index in [2.05, 4.69) is 20.6 Å². The predicted octanol–water partition coefficient (Wildman–Crippen LogP) is 2.52. The van der Waals surface area contributed by atoms with Crippen molar-refractivity contribution >= 4 is 5.91 Å². The van der Waals surface area contributed by atoms with Gasteiger partial charge >= 0.3 is 0 Å². The average molecular weight is 365 g/mol. The molecular weight excluding hydrogens is 346 g/mol. The van der Waals surface area contributed by atoms with Crippen LogP contribution in [0.1, 0.15) is 52.4 Å². The minimum atomic E-state index is -0.205. The summed E-state index contributed by atoms with van der Waals surface area (Å²) in [6.07, 6.45) is 2.24. The normalized spacial score (nSPS) is 18.2. The van der Waals surface area contributed by atoms with Gasteiger partial charge in [0.15, 0.2) is 0 Å². The van der Waals surface area contributed by atoms with Crippen LogP contribution in [-0.4, -0.2) is 32.4 Å². The summed E-state index contributed by atoms with van der Waals surface area (Å²) < 4.78 is 12.7. The number of aryl methyl sites for hydroxylation is 2. The Hall–Kier alpha value is -3.16. The first-order chi connectivity index (χ1) is 13.1. The Morgan fingerprint density at radius 3 is 2.89 bits per heavy atom. The van der Waals surface area contributed by atoms with Crippen LogP contribution in [0.25, 0.3) is 11.4 Å². The molecule has 1 N–H and O–H groups in total. The Morgan fingerprint density at radius 1 is 1.30 bits per heavy atom. The number of rotatable bonds is 4. The van der Waals surface area contributed by atoms with E-state index >= 15 is 0 Å². The Balaban J connectivity index is 1.36. The van der Waals surface area contributed by atoms with E-state index in [1.165, 1.54) is 0 Å². The van der Waals surface area contributed by atoms with Crippen LogP contribution in [0.3, 0.4) is 0 Å². The summed E-state index contributed by atoms with van der Waals surface area (Å²) in [6.45, 7) is 2.25. The van der Waals surface area contributed by atoms with Gasteiger partial charge in [0.1, 0.15) is 18.1 Å². The number of carbonyl (C=O) groups is 1. The lowest BCUT2D eigenvalue weighted by Crippen LogP contribution is -2.30. The van der Waals surface area contributed by atoms with Crippen LogP contribution in [0, 0.1) is 6.92 Å². The number of hydrogen-bond acceptors (Lipinski definition) is 6. The minimum absolute atomic E-state index is 0.170. The van der Waals surface area contributed by atoms with Gasteiger partial charge in [-0.1, -0.05) is 17.3 Å². The lowest BCUT2D eigenvalue weighted by Gasteiger charge is -2.11. The lowest BCUT2D eigenvalue weighted by molar-refractivity contribution is 0.0920. The maximum atomic E-state index is 12.5. The number of amides is 1.